The molecule has 4 heteroatoms. The zero-order chi connectivity index (χ0) is 13.6. The third-order valence-corrected chi connectivity index (χ3v) is 4.76. The molecule has 0 aromatic carbocycles. The molecule has 2 rings (SSSR count). The predicted octanol–water partition coefficient (Wildman–Crippen LogP) is 1.84. The lowest BCUT2D eigenvalue weighted by Gasteiger charge is -2.35. The summed E-state index contributed by atoms with van der Waals surface area (Å²) < 4.78 is 5.78. The highest BCUT2D eigenvalue weighted by Gasteiger charge is 2.37. The minimum Gasteiger partial charge on any atom is -0.376 e. The quantitative estimate of drug-likeness (QED) is 0.723. The molecule has 0 radical (unpaired) electrons. The second-order valence-corrected chi connectivity index (χ2v) is 5.92. The van der Waals surface area contributed by atoms with Crippen molar-refractivity contribution in [1.29, 1.82) is 0 Å². The molecule has 1 saturated heterocycles. The van der Waals surface area contributed by atoms with Gasteiger partial charge < -0.3 is 15.4 Å². The van der Waals surface area contributed by atoms with Crippen molar-refractivity contribution >= 4 is 5.91 Å². The normalized spacial score (nSPS) is 23.4. The largest absolute Gasteiger partial charge is 0.376 e. The Balaban J connectivity index is 1.67. The van der Waals surface area contributed by atoms with Crippen LogP contribution < -0.4 is 10.6 Å². The van der Waals surface area contributed by atoms with Gasteiger partial charge in [-0.2, -0.15) is 0 Å². The zero-order valence-electron chi connectivity index (χ0n) is 12.2. The van der Waals surface area contributed by atoms with Crippen LogP contribution in [0.25, 0.3) is 0 Å². The maximum atomic E-state index is 12.4. The van der Waals surface area contributed by atoms with E-state index in [1.807, 2.05) is 0 Å². The number of carbonyl (C=O) groups is 1. The summed E-state index contributed by atoms with van der Waals surface area (Å²) in [5.41, 5.74) is -0.140. The average molecular weight is 268 g/mol. The maximum absolute atomic E-state index is 12.4. The van der Waals surface area contributed by atoms with Crippen LogP contribution in [0.15, 0.2) is 0 Å². The molecule has 4 nitrogen and oxygen atoms in total. The molecule has 2 aliphatic rings. The van der Waals surface area contributed by atoms with Crippen molar-refractivity contribution in [2.45, 2.75) is 58.0 Å². The first-order valence-corrected chi connectivity index (χ1v) is 7.87. The Morgan fingerprint density at radius 2 is 2.00 bits per heavy atom. The van der Waals surface area contributed by atoms with Crippen LogP contribution in [-0.4, -0.2) is 38.3 Å². The number of carbonyl (C=O) groups excluding carboxylic acids is 1. The lowest BCUT2D eigenvalue weighted by atomic mass is 9.76. The van der Waals surface area contributed by atoms with Gasteiger partial charge in [0.1, 0.15) is 0 Å². The first-order valence-electron chi connectivity index (χ1n) is 7.87. The van der Waals surface area contributed by atoms with Crippen molar-refractivity contribution in [3.8, 4) is 0 Å². The molecule has 1 aliphatic heterocycles. The van der Waals surface area contributed by atoms with E-state index < -0.39 is 0 Å². The van der Waals surface area contributed by atoms with E-state index >= 15 is 0 Å². The van der Waals surface area contributed by atoms with Gasteiger partial charge in [0.2, 0.25) is 5.91 Å². The fourth-order valence-corrected chi connectivity index (χ4v) is 3.28. The fourth-order valence-electron chi connectivity index (χ4n) is 3.28. The Morgan fingerprint density at radius 3 is 2.63 bits per heavy atom. The van der Waals surface area contributed by atoms with Crippen molar-refractivity contribution in [2.75, 3.05) is 26.2 Å². The molecule has 0 atom stereocenters. The smallest absolute Gasteiger partial charge is 0.226 e. The molecule has 2 fully saturated rings. The lowest BCUT2D eigenvalue weighted by Crippen LogP contribution is -2.48. The van der Waals surface area contributed by atoms with E-state index in [4.69, 9.17) is 4.74 Å². The van der Waals surface area contributed by atoms with E-state index in [0.717, 1.165) is 32.4 Å². The van der Waals surface area contributed by atoms with Crippen LogP contribution in [0.4, 0.5) is 0 Å². The highest BCUT2D eigenvalue weighted by Crippen LogP contribution is 2.32. The molecular weight excluding hydrogens is 240 g/mol. The molecule has 1 saturated carbocycles. The second kappa shape index (κ2) is 7.25. The van der Waals surface area contributed by atoms with Gasteiger partial charge in [0.15, 0.2) is 0 Å². The lowest BCUT2D eigenvalue weighted by molar-refractivity contribution is -0.133. The molecule has 2 N–H and O–H groups in total. The molecule has 1 heterocycles. The Labute approximate surface area is 116 Å². The van der Waals surface area contributed by atoms with Crippen LogP contribution in [0.2, 0.25) is 0 Å². The summed E-state index contributed by atoms with van der Waals surface area (Å²) in [7, 11) is 0. The number of hydrogen-bond acceptors (Lipinski definition) is 3. The SMILES string of the molecule is CCC1(C(=O)NCCOC2CCCC2)CCNCC1. The van der Waals surface area contributed by atoms with Gasteiger partial charge in [-0.1, -0.05) is 19.8 Å². The summed E-state index contributed by atoms with van der Waals surface area (Å²) in [5, 5.41) is 6.40. The standard InChI is InChI=1S/C15H28N2O2/c1-2-15(7-9-16-10-8-15)14(18)17-11-12-19-13-5-3-4-6-13/h13,16H,2-12H2,1H3,(H,17,18). The van der Waals surface area contributed by atoms with Gasteiger partial charge >= 0.3 is 0 Å². The number of hydrogen-bond donors (Lipinski definition) is 2. The van der Waals surface area contributed by atoms with Gasteiger partial charge in [0.05, 0.1) is 18.1 Å². The number of amides is 1. The molecule has 0 spiro atoms. The van der Waals surface area contributed by atoms with Crippen LogP contribution in [0, 0.1) is 5.41 Å². The van der Waals surface area contributed by atoms with E-state index in [-0.39, 0.29) is 11.3 Å². The van der Waals surface area contributed by atoms with Crippen LogP contribution in [0.5, 0.6) is 0 Å². The van der Waals surface area contributed by atoms with E-state index in [2.05, 4.69) is 17.6 Å². The first kappa shape index (κ1) is 14.8. The topological polar surface area (TPSA) is 50.4 Å². The Kier molecular flexibility index (Phi) is 5.64. The van der Waals surface area contributed by atoms with Gasteiger partial charge in [0.25, 0.3) is 0 Å². The van der Waals surface area contributed by atoms with E-state index in [1.165, 1.54) is 25.7 Å². The summed E-state index contributed by atoms with van der Waals surface area (Å²) in [6.45, 7) is 5.36. The van der Waals surface area contributed by atoms with Crippen molar-refractivity contribution in [1.82, 2.24) is 10.6 Å². The Bertz CT molecular complexity index is 282. The van der Waals surface area contributed by atoms with Crippen molar-refractivity contribution in [2.24, 2.45) is 5.41 Å². The van der Waals surface area contributed by atoms with Crippen LogP contribution in [0.1, 0.15) is 51.9 Å². The van der Waals surface area contributed by atoms with Crippen molar-refractivity contribution in [3.63, 3.8) is 0 Å². The summed E-state index contributed by atoms with van der Waals surface area (Å²) in [6.07, 6.45) is 8.26. The number of ether oxygens (including phenoxy) is 1. The van der Waals surface area contributed by atoms with Gasteiger partial charge in [0, 0.05) is 6.54 Å². The van der Waals surface area contributed by atoms with Gasteiger partial charge in [-0.05, 0) is 45.2 Å². The average Bonchev–Trinajstić information content (AvgIpc) is 2.97. The predicted molar refractivity (Wildman–Crippen MR) is 76.0 cm³/mol. The molecule has 0 bridgehead atoms. The summed E-state index contributed by atoms with van der Waals surface area (Å²) >= 11 is 0. The third kappa shape index (κ3) is 3.93. The first-order chi connectivity index (χ1) is 9.27. The number of piperidine rings is 1. The van der Waals surface area contributed by atoms with Gasteiger partial charge in [-0.15, -0.1) is 0 Å². The second-order valence-electron chi connectivity index (χ2n) is 5.92. The monoisotopic (exact) mass is 268 g/mol. The van der Waals surface area contributed by atoms with Gasteiger partial charge in [-0.25, -0.2) is 0 Å². The fraction of sp³-hybridized carbons (Fsp3) is 0.933. The van der Waals surface area contributed by atoms with Crippen molar-refractivity contribution < 1.29 is 9.53 Å². The van der Waals surface area contributed by atoms with Crippen LogP contribution >= 0.6 is 0 Å². The molecule has 1 aliphatic carbocycles. The summed E-state index contributed by atoms with van der Waals surface area (Å²) in [6, 6.07) is 0. The highest BCUT2D eigenvalue weighted by molar-refractivity contribution is 5.82. The Morgan fingerprint density at radius 1 is 1.32 bits per heavy atom. The number of rotatable bonds is 6. The minimum absolute atomic E-state index is 0.140. The molecule has 1 amide bonds. The van der Waals surface area contributed by atoms with Crippen molar-refractivity contribution in [3.05, 3.63) is 0 Å². The molecule has 0 aromatic heterocycles. The number of nitrogens with one attached hydrogen (secondary N) is 2. The molecular formula is C15H28N2O2. The van der Waals surface area contributed by atoms with Gasteiger partial charge in [-0.3, -0.25) is 4.79 Å². The molecule has 19 heavy (non-hydrogen) atoms. The van der Waals surface area contributed by atoms with Crippen LogP contribution in [0.3, 0.4) is 0 Å². The molecule has 0 unspecified atom stereocenters. The minimum atomic E-state index is -0.140. The molecule has 0 aromatic rings. The summed E-state index contributed by atoms with van der Waals surface area (Å²) in [4.78, 5) is 12.4. The maximum Gasteiger partial charge on any atom is 0.226 e. The van der Waals surface area contributed by atoms with E-state index in [1.54, 1.807) is 0 Å². The summed E-state index contributed by atoms with van der Waals surface area (Å²) in [5.74, 6) is 0.228. The Hall–Kier alpha value is -0.610. The molecule has 110 valence electrons. The van der Waals surface area contributed by atoms with E-state index in [0.29, 0.717) is 19.3 Å². The van der Waals surface area contributed by atoms with E-state index in [9.17, 15) is 4.79 Å². The van der Waals surface area contributed by atoms with Crippen LogP contribution in [-0.2, 0) is 9.53 Å². The zero-order valence-corrected chi connectivity index (χ0v) is 12.2. The third-order valence-electron chi connectivity index (χ3n) is 4.76. The highest BCUT2D eigenvalue weighted by atomic mass is 16.5.